The second-order valence-corrected chi connectivity index (χ2v) is 3.31. The molecule has 2 nitrogen and oxygen atoms in total. The summed E-state index contributed by atoms with van der Waals surface area (Å²) in [6, 6.07) is 7.21. The first kappa shape index (κ1) is 8.05. The van der Waals surface area contributed by atoms with E-state index < -0.39 is 6.10 Å². The molecule has 1 heterocycles. The Balaban J connectivity index is 2.20. The van der Waals surface area contributed by atoms with E-state index in [1.807, 2.05) is 12.1 Å². The highest BCUT2D eigenvalue weighted by Gasteiger charge is 2.32. The number of hydrogen-bond acceptors (Lipinski definition) is 2. The molecular weight excluding hydrogens is 176 g/mol. The van der Waals surface area contributed by atoms with Crippen LogP contribution in [0.4, 0.5) is 0 Å². The van der Waals surface area contributed by atoms with Gasteiger partial charge in [0, 0.05) is 5.02 Å². The minimum absolute atomic E-state index is 0.0246. The number of ether oxygens (including phenoxy) is 1. The van der Waals surface area contributed by atoms with Gasteiger partial charge in [-0.2, -0.15) is 0 Å². The molecule has 0 bridgehead atoms. The molecule has 1 aliphatic heterocycles. The maximum Gasteiger partial charge on any atom is 0.111 e. The first-order valence-electron chi connectivity index (χ1n) is 3.82. The first-order valence-corrected chi connectivity index (χ1v) is 4.20. The van der Waals surface area contributed by atoms with Crippen LogP contribution in [0.25, 0.3) is 0 Å². The van der Waals surface area contributed by atoms with Crippen LogP contribution in [0, 0.1) is 0 Å². The van der Waals surface area contributed by atoms with Crippen LogP contribution in [0.2, 0.25) is 5.02 Å². The molecule has 0 unspecified atom stereocenters. The van der Waals surface area contributed by atoms with Gasteiger partial charge in [0.1, 0.15) is 12.2 Å². The van der Waals surface area contributed by atoms with Gasteiger partial charge in [0.15, 0.2) is 0 Å². The van der Waals surface area contributed by atoms with Crippen LogP contribution < -0.4 is 0 Å². The summed E-state index contributed by atoms with van der Waals surface area (Å²) in [5, 5.41) is 10.2. The third kappa shape index (κ3) is 1.61. The Bertz CT molecular complexity index is 284. The average molecular weight is 185 g/mol. The van der Waals surface area contributed by atoms with Crippen molar-refractivity contribution in [3.63, 3.8) is 0 Å². The van der Waals surface area contributed by atoms with Gasteiger partial charge in [0.25, 0.3) is 0 Å². The highest BCUT2D eigenvalue weighted by molar-refractivity contribution is 6.30. The van der Waals surface area contributed by atoms with Gasteiger partial charge in [-0.15, -0.1) is 0 Å². The molecule has 12 heavy (non-hydrogen) atoms. The van der Waals surface area contributed by atoms with E-state index in [9.17, 15) is 5.11 Å². The van der Waals surface area contributed by atoms with E-state index in [0.717, 1.165) is 5.56 Å². The fourth-order valence-corrected chi connectivity index (χ4v) is 1.34. The predicted molar refractivity (Wildman–Crippen MR) is 46.2 cm³/mol. The number of hydrogen-bond donors (Lipinski definition) is 1. The molecule has 0 saturated carbocycles. The molecule has 1 saturated heterocycles. The van der Waals surface area contributed by atoms with Crippen molar-refractivity contribution < 1.29 is 9.84 Å². The van der Waals surface area contributed by atoms with Crippen molar-refractivity contribution in [1.82, 2.24) is 0 Å². The van der Waals surface area contributed by atoms with E-state index in [4.69, 9.17) is 16.3 Å². The fraction of sp³-hybridized carbons (Fsp3) is 0.333. The van der Waals surface area contributed by atoms with Crippen molar-refractivity contribution in [2.45, 2.75) is 12.2 Å². The van der Waals surface area contributed by atoms with Gasteiger partial charge in [-0.1, -0.05) is 23.7 Å². The Kier molecular flexibility index (Phi) is 2.05. The predicted octanol–water partition coefficient (Wildman–Crippen LogP) is 1.77. The third-order valence-electron chi connectivity index (χ3n) is 1.90. The van der Waals surface area contributed by atoms with Gasteiger partial charge in [0.2, 0.25) is 0 Å². The second kappa shape index (κ2) is 3.05. The Morgan fingerprint density at radius 3 is 2.92 bits per heavy atom. The molecule has 0 radical (unpaired) electrons. The van der Waals surface area contributed by atoms with Gasteiger partial charge >= 0.3 is 0 Å². The topological polar surface area (TPSA) is 32.8 Å². The molecule has 3 heteroatoms. The molecule has 2 rings (SSSR count). The summed E-state index contributed by atoms with van der Waals surface area (Å²) >= 11 is 5.76. The van der Waals surface area contributed by atoms with Crippen LogP contribution in [0.1, 0.15) is 11.7 Å². The van der Waals surface area contributed by atoms with Gasteiger partial charge < -0.3 is 9.84 Å². The van der Waals surface area contributed by atoms with Crippen molar-refractivity contribution in [1.29, 1.82) is 0 Å². The summed E-state index contributed by atoms with van der Waals surface area (Å²) in [4.78, 5) is 0. The zero-order valence-electron chi connectivity index (χ0n) is 6.40. The number of benzene rings is 1. The lowest BCUT2D eigenvalue weighted by Crippen LogP contribution is -2.04. The molecule has 0 aliphatic carbocycles. The molecule has 1 aromatic carbocycles. The third-order valence-corrected chi connectivity index (χ3v) is 2.14. The summed E-state index contributed by atoms with van der Waals surface area (Å²) in [6.07, 6.45) is -0.549. The van der Waals surface area contributed by atoms with E-state index in [-0.39, 0.29) is 6.10 Å². The van der Waals surface area contributed by atoms with Crippen LogP contribution in [-0.2, 0) is 4.74 Å². The highest BCUT2D eigenvalue weighted by Crippen LogP contribution is 2.28. The zero-order chi connectivity index (χ0) is 8.55. The molecule has 1 aromatic rings. The van der Waals surface area contributed by atoms with Gasteiger partial charge in [-0.25, -0.2) is 0 Å². The number of halogens is 1. The van der Waals surface area contributed by atoms with Gasteiger partial charge in [-0.3, -0.25) is 0 Å². The summed E-state index contributed by atoms with van der Waals surface area (Å²) in [6.45, 7) is 0.647. The Morgan fingerprint density at radius 1 is 1.58 bits per heavy atom. The van der Waals surface area contributed by atoms with Crippen molar-refractivity contribution >= 4 is 11.6 Å². The van der Waals surface area contributed by atoms with Crippen LogP contribution in [0.15, 0.2) is 24.3 Å². The summed E-state index contributed by atoms with van der Waals surface area (Å²) in [7, 11) is 0. The molecule has 1 N–H and O–H groups in total. The molecule has 64 valence electrons. The summed E-state index contributed by atoms with van der Waals surface area (Å²) in [5.41, 5.74) is 0.824. The lowest BCUT2D eigenvalue weighted by Gasteiger charge is -2.06. The van der Waals surface area contributed by atoms with Crippen molar-refractivity contribution in [2.24, 2.45) is 0 Å². The van der Waals surface area contributed by atoms with E-state index in [1.165, 1.54) is 0 Å². The zero-order valence-corrected chi connectivity index (χ0v) is 7.16. The normalized spacial score (nSPS) is 23.7. The molecule has 2 atom stereocenters. The Hall–Kier alpha value is -0.570. The van der Waals surface area contributed by atoms with Crippen molar-refractivity contribution in [3.8, 4) is 0 Å². The van der Waals surface area contributed by atoms with E-state index >= 15 is 0 Å². The standard InChI is InChI=1S/C9H9ClO2/c10-7-3-1-2-6(4-7)9(11)8-5-12-8/h1-4,8-9,11H,5H2/t8-,9+/m0/s1. The van der Waals surface area contributed by atoms with Crippen molar-refractivity contribution in [2.75, 3.05) is 6.61 Å². The lowest BCUT2D eigenvalue weighted by molar-refractivity contribution is 0.137. The van der Waals surface area contributed by atoms with Crippen LogP contribution >= 0.6 is 11.6 Å². The number of aliphatic hydroxyl groups is 1. The smallest absolute Gasteiger partial charge is 0.111 e. The molecule has 1 fully saturated rings. The van der Waals surface area contributed by atoms with E-state index in [2.05, 4.69) is 0 Å². The van der Waals surface area contributed by atoms with Gasteiger partial charge in [0.05, 0.1) is 6.61 Å². The van der Waals surface area contributed by atoms with Crippen molar-refractivity contribution in [3.05, 3.63) is 34.9 Å². The summed E-state index contributed by atoms with van der Waals surface area (Å²) < 4.78 is 4.97. The molecule has 0 aromatic heterocycles. The Labute approximate surface area is 75.7 Å². The van der Waals surface area contributed by atoms with Gasteiger partial charge in [-0.05, 0) is 17.7 Å². The van der Waals surface area contributed by atoms with E-state index in [1.54, 1.807) is 12.1 Å². The van der Waals surface area contributed by atoms with E-state index in [0.29, 0.717) is 11.6 Å². The van der Waals surface area contributed by atoms with Crippen LogP contribution in [-0.4, -0.2) is 17.8 Å². The molecule has 0 amide bonds. The minimum Gasteiger partial charge on any atom is -0.386 e. The summed E-state index contributed by atoms with van der Waals surface area (Å²) in [5.74, 6) is 0. The maximum atomic E-state index is 9.60. The highest BCUT2D eigenvalue weighted by atomic mass is 35.5. The SMILES string of the molecule is O[C@H](c1cccc(Cl)c1)[C@@H]1CO1. The quantitative estimate of drug-likeness (QED) is 0.711. The first-order chi connectivity index (χ1) is 5.77. The lowest BCUT2D eigenvalue weighted by atomic mass is 10.1. The largest absolute Gasteiger partial charge is 0.386 e. The molecule has 0 spiro atoms. The molecular formula is C9H9ClO2. The average Bonchev–Trinajstić information content (AvgIpc) is 2.85. The monoisotopic (exact) mass is 184 g/mol. The van der Waals surface area contributed by atoms with Crippen LogP contribution in [0.3, 0.4) is 0 Å². The molecule has 1 aliphatic rings. The van der Waals surface area contributed by atoms with Crippen LogP contribution in [0.5, 0.6) is 0 Å². The second-order valence-electron chi connectivity index (χ2n) is 2.87. The minimum atomic E-state index is -0.524. The number of epoxide rings is 1. The maximum absolute atomic E-state index is 9.60. The number of aliphatic hydroxyl groups excluding tert-OH is 1. The number of rotatable bonds is 2. The Morgan fingerprint density at radius 2 is 2.33 bits per heavy atom. The fourth-order valence-electron chi connectivity index (χ4n) is 1.14.